The van der Waals surface area contributed by atoms with Crippen molar-refractivity contribution in [3.05, 3.63) is 88.2 Å². The standard InChI is InChI=1S/C34H33ClFN3O5/c1-19-6-4-9-29(39-15-14-23(17-30(39)41)31-25(20(2)40)12-13-27(35)32(31)36)22-8-5-7-21(16-22)26-11-10-24(37-34(43)44-3)18-28(26)38-33(19)42/h5,7-8,10-13,16-19,29H,4,6,9,14-15H2,1-3H3,(H,37,43)(H,38,42). The van der Waals surface area contributed by atoms with Crippen molar-refractivity contribution in [2.45, 2.75) is 45.6 Å². The molecule has 44 heavy (non-hydrogen) atoms. The molecule has 10 heteroatoms. The number of benzene rings is 3. The lowest BCUT2D eigenvalue weighted by atomic mass is 9.89. The van der Waals surface area contributed by atoms with Crippen molar-refractivity contribution >= 4 is 52.2 Å². The molecular formula is C34H33ClFN3O5. The number of rotatable bonds is 4. The molecule has 2 aliphatic heterocycles. The largest absolute Gasteiger partial charge is 0.453 e. The van der Waals surface area contributed by atoms with Gasteiger partial charge in [-0.15, -0.1) is 0 Å². The fourth-order valence-corrected chi connectivity index (χ4v) is 6.04. The Labute approximate surface area is 260 Å². The summed E-state index contributed by atoms with van der Waals surface area (Å²) in [5.74, 6) is -1.76. The molecule has 0 aromatic heterocycles. The van der Waals surface area contributed by atoms with E-state index in [1.54, 1.807) is 17.0 Å². The van der Waals surface area contributed by atoms with Crippen LogP contribution in [0.3, 0.4) is 0 Å². The number of methoxy groups -OCH3 is 1. The lowest BCUT2D eigenvalue weighted by Gasteiger charge is -2.35. The number of hydrogen-bond donors (Lipinski definition) is 2. The van der Waals surface area contributed by atoms with Gasteiger partial charge in [0, 0.05) is 40.9 Å². The van der Waals surface area contributed by atoms with Gasteiger partial charge in [-0.1, -0.05) is 49.2 Å². The number of anilines is 2. The SMILES string of the molecule is COC(=O)Nc1ccc2c(c1)NC(=O)C(C)CCCC(N1CCC(c3c(C(C)=O)ccc(Cl)c3F)=CC1=O)c1cccc-2c1. The van der Waals surface area contributed by atoms with Gasteiger partial charge in [-0.05, 0) is 73.2 Å². The molecule has 5 rings (SSSR count). The van der Waals surface area contributed by atoms with Crippen molar-refractivity contribution in [2.24, 2.45) is 5.92 Å². The summed E-state index contributed by atoms with van der Waals surface area (Å²) in [6.07, 6.45) is 3.02. The van der Waals surface area contributed by atoms with Crippen molar-refractivity contribution in [2.75, 3.05) is 24.3 Å². The second-order valence-electron chi connectivity index (χ2n) is 11.1. The van der Waals surface area contributed by atoms with Crippen LogP contribution in [0, 0.1) is 11.7 Å². The minimum absolute atomic E-state index is 0.0798. The Morgan fingerprint density at radius 2 is 1.89 bits per heavy atom. The smallest absolute Gasteiger partial charge is 0.411 e. The highest BCUT2D eigenvalue weighted by atomic mass is 35.5. The topological polar surface area (TPSA) is 105 Å². The quantitative estimate of drug-likeness (QED) is 0.293. The lowest BCUT2D eigenvalue weighted by molar-refractivity contribution is -0.129. The molecule has 3 amide bonds. The van der Waals surface area contributed by atoms with Crippen LogP contribution in [0.25, 0.3) is 16.7 Å². The van der Waals surface area contributed by atoms with E-state index in [-0.39, 0.29) is 45.7 Å². The third-order valence-electron chi connectivity index (χ3n) is 8.23. The van der Waals surface area contributed by atoms with Crippen molar-refractivity contribution in [1.82, 2.24) is 4.90 Å². The van der Waals surface area contributed by atoms with E-state index in [9.17, 15) is 19.2 Å². The summed E-state index contributed by atoms with van der Waals surface area (Å²) < 4.78 is 19.9. The summed E-state index contributed by atoms with van der Waals surface area (Å²) in [5, 5.41) is 5.55. The van der Waals surface area contributed by atoms with Gasteiger partial charge < -0.3 is 15.0 Å². The number of Topliss-reactive ketones (excluding diaryl/α,β-unsaturated/α-hetero) is 1. The number of nitrogens with zero attached hydrogens (tertiary/aromatic N) is 1. The number of fused-ring (bicyclic) bond motifs is 4. The molecule has 0 fully saturated rings. The van der Waals surface area contributed by atoms with Gasteiger partial charge in [0.2, 0.25) is 11.8 Å². The van der Waals surface area contributed by atoms with E-state index >= 15 is 4.39 Å². The Kier molecular flexibility index (Phi) is 9.15. The van der Waals surface area contributed by atoms with Crippen molar-refractivity contribution in [3.8, 4) is 11.1 Å². The lowest BCUT2D eigenvalue weighted by Crippen LogP contribution is -2.37. The summed E-state index contributed by atoms with van der Waals surface area (Å²) in [4.78, 5) is 52.7. The summed E-state index contributed by atoms with van der Waals surface area (Å²) in [6.45, 7) is 3.54. The summed E-state index contributed by atoms with van der Waals surface area (Å²) in [5.41, 5.74) is 4.22. The molecule has 0 aliphatic carbocycles. The van der Waals surface area contributed by atoms with E-state index in [2.05, 4.69) is 10.6 Å². The number of ether oxygens (including phenoxy) is 1. The Morgan fingerprint density at radius 3 is 2.61 bits per heavy atom. The molecule has 2 heterocycles. The first-order valence-electron chi connectivity index (χ1n) is 14.5. The minimum atomic E-state index is -0.707. The third-order valence-corrected chi connectivity index (χ3v) is 8.52. The highest BCUT2D eigenvalue weighted by molar-refractivity contribution is 6.31. The Morgan fingerprint density at radius 1 is 1.09 bits per heavy atom. The van der Waals surface area contributed by atoms with Crippen LogP contribution in [-0.2, 0) is 14.3 Å². The average Bonchev–Trinajstić information content (AvgIpc) is 3.00. The summed E-state index contributed by atoms with van der Waals surface area (Å²) >= 11 is 6.06. The molecule has 2 atom stereocenters. The zero-order valence-electron chi connectivity index (χ0n) is 24.7. The van der Waals surface area contributed by atoms with E-state index in [1.807, 2.05) is 37.3 Å². The highest BCUT2D eigenvalue weighted by Gasteiger charge is 2.31. The predicted molar refractivity (Wildman–Crippen MR) is 168 cm³/mol. The minimum Gasteiger partial charge on any atom is -0.453 e. The number of carbonyl (C=O) groups is 4. The van der Waals surface area contributed by atoms with Crippen molar-refractivity contribution in [1.29, 1.82) is 0 Å². The van der Waals surface area contributed by atoms with Gasteiger partial charge in [0.05, 0.1) is 23.9 Å². The molecule has 2 bridgehead atoms. The predicted octanol–water partition coefficient (Wildman–Crippen LogP) is 7.64. The molecule has 8 nitrogen and oxygen atoms in total. The number of ketones is 1. The van der Waals surface area contributed by atoms with Crippen molar-refractivity contribution < 1.29 is 28.3 Å². The molecule has 3 aromatic carbocycles. The van der Waals surface area contributed by atoms with Gasteiger partial charge >= 0.3 is 6.09 Å². The van der Waals surface area contributed by atoms with Crippen LogP contribution >= 0.6 is 11.6 Å². The number of halogens is 2. The van der Waals surface area contributed by atoms with Crippen LogP contribution in [0.1, 0.15) is 67.1 Å². The normalized spacial score (nSPS) is 18.7. The van der Waals surface area contributed by atoms with Gasteiger partial charge in [-0.2, -0.15) is 0 Å². The number of carbonyl (C=O) groups excluding carboxylic acids is 4. The molecule has 3 aromatic rings. The third kappa shape index (κ3) is 6.38. The number of hydrogen-bond acceptors (Lipinski definition) is 5. The van der Waals surface area contributed by atoms with Gasteiger partial charge in [0.1, 0.15) is 5.82 Å². The molecule has 0 saturated heterocycles. The van der Waals surface area contributed by atoms with E-state index < -0.39 is 11.9 Å². The summed E-state index contributed by atoms with van der Waals surface area (Å²) in [7, 11) is 1.27. The summed E-state index contributed by atoms with van der Waals surface area (Å²) in [6, 6.07) is 15.6. The molecule has 0 radical (unpaired) electrons. The second kappa shape index (κ2) is 13.0. The van der Waals surface area contributed by atoms with Crippen LogP contribution in [0.4, 0.5) is 20.6 Å². The van der Waals surface area contributed by atoms with E-state index in [4.69, 9.17) is 16.3 Å². The molecular weight excluding hydrogens is 585 g/mol. The first-order chi connectivity index (χ1) is 21.1. The fraction of sp³-hybridized carbons (Fsp3) is 0.294. The fourth-order valence-electron chi connectivity index (χ4n) is 5.89. The zero-order valence-corrected chi connectivity index (χ0v) is 25.5. The van der Waals surface area contributed by atoms with Gasteiger partial charge in [0.15, 0.2) is 5.78 Å². The molecule has 0 spiro atoms. The number of amides is 3. The van der Waals surface area contributed by atoms with E-state index in [0.717, 1.165) is 16.7 Å². The van der Waals surface area contributed by atoms with Crippen LogP contribution in [-0.4, -0.2) is 42.2 Å². The molecule has 2 N–H and O–H groups in total. The monoisotopic (exact) mass is 617 g/mol. The zero-order chi connectivity index (χ0) is 31.5. The average molecular weight is 618 g/mol. The maximum Gasteiger partial charge on any atom is 0.411 e. The molecule has 2 aliphatic rings. The van der Waals surface area contributed by atoms with Gasteiger partial charge in [0.25, 0.3) is 0 Å². The molecule has 2 unspecified atom stereocenters. The van der Waals surface area contributed by atoms with Crippen LogP contribution < -0.4 is 10.6 Å². The first-order valence-corrected chi connectivity index (χ1v) is 14.9. The van der Waals surface area contributed by atoms with Crippen LogP contribution in [0.15, 0.2) is 60.7 Å². The number of nitrogens with one attached hydrogen (secondary N) is 2. The maximum absolute atomic E-state index is 15.2. The Hall–Kier alpha value is -4.50. The van der Waals surface area contributed by atoms with Gasteiger partial charge in [-0.25, -0.2) is 9.18 Å². The second-order valence-corrected chi connectivity index (χ2v) is 11.5. The highest BCUT2D eigenvalue weighted by Crippen LogP contribution is 2.39. The van der Waals surface area contributed by atoms with Crippen LogP contribution in [0.5, 0.6) is 0 Å². The molecule has 228 valence electrons. The maximum atomic E-state index is 15.2. The van der Waals surface area contributed by atoms with Gasteiger partial charge in [-0.3, -0.25) is 19.7 Å². The Balaban J connectivity index is 1.53. The van der Waals surface area contributed by atoms with Crippen molar-refractivity contribution in [3.63, 3.8) is 0 Å². The van der Waals surface area contributed by atoms with Crippen LogP contribution in [0.2, 0.25) is 5.02 Å². The Bertz CT molecular complexity index is 1690. The van der Waals surface area contributed by atoms with E-state index in [1.165, 1.54) is 32.2 Å². The van der Waals surface area contributed by atoms with E-state index in [0.29, 0.717) is 49.2 Å². The molecule has 0 saturated carbocycles. The first kappa shape index (κ1) is 30.9.